The highest BCUT2D eigenvalue weighted by molar-refractivity contribution is 7.86. The van der Waals surface area contributed by atoms with Crippen LogP contribution in [0.1, 0.15) is 16.8 Å². The third-order valence-electron chi connectivity index (χ3n) is 4.08. The second kappa shape index (κ2) is 7.34. The molecule has 0 bridgehead atoms. The van der Waals surface area contributed by atoms with E-state index in [1.807, 2.05) is 25.1 Å². The summed E-state index contributed by atoms with van der Waals surface area (Å²) in [5.74, 6) is 0. The molecule has 0 amide bonds. The predicted molar refractivity (Wildman–Crippen MR) is 106 cm³/mol. The second-order valence-electron chi connectivity index (χ2n) is 6.31. The van der Waals surface area contributed by atoms with Crippen LogP contribution in [-0.2, 0) is 10.1 Å². The van der Waals surface area contributed by atoms with Crippen molar-refractivity contribution in [1.29, 1.82) is 0 Å². The van der Waals surface area contributed by atoms with Crippen molar-refractivity contribution in [3.05, 3.63) is 68.6 Å². The fourth-order valence-corrected chi connectivity index (χ4v) is 3.49. The minimum Gasteiger partial charge on any atom is -0.293 e. The molecular weight excluding hydrogens is 404 g/mol. The number of aromatic amines is 1. The van der Waals surface area contributed by atoms with E-state index in [9.17, 15) is 17.8 Å². The van der Waals surface area contributed by atoms with E-state index in [2.05, 4.69) is 15.3 Å². The van der Waals surface area contributed by atoms with Gasteiger partial charge in [-0.25, -0.2) is 4.68 Å². The number of H-pyrrole nitrogens is 1. The maximum absolute atomic E-state index is 12.7. The summed E-state index contributed by atoms with van der Waals surface area (Å²) < 4.78 is 34.0. The van der Waals surface area contributed by atoms with Crippen molar-refractivity contribution in [3.8, 4) is 5.69 Å². The Morgan fingerprint density at radius 2 is 1.82 bits per heavy atom. The Labute approximate surface area is 166 Å². The van der Waals surface area contributed by atoms with Gasteiger partial charge in [0.05, 0.1) is 11.4 Å². The van der Waals surface area contributed by atoms with Crippen LogP contribution in [0.4, 0.5) is 11.4 Å². The number of halogens is 1. The molecule has 0 atom stereocenters. The number of nitrogens with one attached hydrogen (secondary N) is 1. The minimum atomic E-state index is -4.54. The lowest BCUT2D eigenvalue weighted by atomic mass is 10.2. The predicted octanol–water partition coefficient (Wildman–Crippen LogP) is 4.41. The molecule has 2 N–H and O–H groups in total. The molecule has 0 saturated carbocycles. The van der Waals surface area contributed by atoms with Gasteiger partial charge >= 0.3 is 0 Å². The molecule has 0 spiro atoms. The monoisotopic (exact) mass is 420 g/mol. The quantitative estimate of drug-likeness (QED) is 0.480. The van der Waals surface area contributed by atoms with E-state index >= 15 is 0 Å². The first-order valence-corrected chi connectivity index (χ1v) is 9.98. The normalized spacial score (nSPS) is 12.0. The smallest absolute Gasteiger partial charge is 0.293 e. The Morgan fingerprint density at radius 1 is 1.11 bits per heavy atom. The summed E-state index contributed by atoms with van der Waals surface area (Å²) in [7, 11) is -4.54. The molecule has 28 heavy (non-hydrogen) atoms. The van der Waals surface area contributed by atoms with E-state index in [0.29, 0.717) is 16.9 Å². The zero-order chi connectivity index (χ0) is 20.6. The van der Waals surface area contributed by atoms with Gasteiger partial charge in [-0.3, -0.25) is 14.4 Å². The fourth-order valence-electron chi connectivity index (χ4n) is 2.64. The van der Waals surface area contributed by atoms with Crippen LogP contribution in [0, 0.1) is 20.8 Å². The number of azo groups is 1. The minimum absolute atomic E-state index is 0.0134. The summed E-state index contributed by atoms with van der Waals surface area (Å²) in [6.45, 7) is 5.14. The van der Waals surface area contributed by atoms with Crippen molar-refractivity contribution in [3.63, 3.8) is 0 Å². The van der Waals surface area contributed by atoms with Crippen molar-refractivity contribution < 1.29 is 13.0 Å². The standard InChI is InChI=1S/C18H17ClN4O4S/c1-10-5-4-6-13(7-10)23-18(24)17(12(3)22-23)21-20-15-9-14(19)11(2)8-16(15)28(25,26)27/h4-9,22H,1-3H3,(H,25,26,27). The van der Waals surface area contributed by atoms with Crippen LogP contribution in [0.15, 0.2) is 56.3 Å². The topological polar surface area (TPSA) is 117 Å². The summed E-state index contributed by atoms with van der Waals surface area (Å²) in [6.07, 6.45) is 0. The molecular formula is C18H17ClN4O4S. The van der Waals surface area contributed by atoms with E-state index in [4.69, 9.17) is 11.6 Å². The Morgan fingerprint density at radius 3 is 2.46 bits per heavy atom. The molecule has 0 saturated heterocycles. The molecule has 10 heteroatoms. The molecule has 8 nitrogen and oxygen atoms in total. The Balaban J connectivity index is 2.10. The lowest BCUT2D eigenvalue weighted by molar-refractivity contribution is 0.483. The number of benzene rings is 2. The van der Waals surface area contributed by atoms with E-state index in [1.54, 1.807) is 19.9 Å². The van der Waals surface area contributed by atoms with E-state index in [1.165, 1.54) is 16.8 Å². The van der Waals surface area contributed by atoms with Crippen molar-refractivity contribution >= 4 is 33.1 Å². The van der Waals surface area contributed by atoms with Gasteiger partial charge < -0.3 is 0 Å². The summed E-state index contributed by atoms with van der Waals surface area (Å²) in [4.78, 5) is 12.3. The van der Waals surface area contributed by atoms with Crippen molar-refractivity contribution in [1.82, 2.24) is 9.78 Å². The highest BCUT2D eigenvalue weighted by Crippen LogP contribution is 2.31. The first-order valence-electron chi connectivity index (χ1n) is 8.16. The Bertz CT molecular complexity index is 1260. The van der Waals surface area contributed by atoms with Crippen LogP contribution in [0.5, 0.6) is 0 Å². The van der Waals surface area contributed by atoms with Crippen molar-refractivity contribution in [2.24, 2.45) is 10.2 Å². The maximum Gasteiger partial charge on any atom is 0.299 e. The largest absolute Gasteiger partial charge is 0.299 e. The van der Waals surface area contributed by atoms with Gasteiger partial charge in [0.2, 0.25) is 0 Å². The van der Waals surface area contributed by atoms with E-state index in [-0.39, 0.29) is 16.4 Å². The van der Waals surface area contributed by atoms with Crippen LogP contribution in [0.3, 0.4) is 0 Å². The Kier molecular flexibility index (Phi) is 5.24. The van der Waals surface area contributed by atoms with Crippen LogP contribution in [0.2, 0.25) is 5.02 Å². The number of hydrogen-bond donors (Lipinski definition) is 2. The SMILES string of the molecule is Cc1cccc(-n2[nH]c(C)c(N=Nc3cc(Cl)c(C)cc3S(=O)(=O)O)c2=O)c1. The van der Waals surface area contributed by atoms with Gasteiger partial charge in [-0.05, 0) is 56.2 Å². The molecule has 146 valence electrons. The van der Waals surface area contributed by atoms with Crippen LogP contribution >= 0.6 is 11.6 Å². The number of hydrogen-bond acceptors (Lipinski definition) is 5. The molecule has 0 fully saturated rings. The highest BCUT2D eigenvalue weighted by Gasteiger charge is 2.18. The van der Waals surface area contributed by atoms with Gasteiger partial charge in [-0.15, -0.1) is 10.2 Å². The van der Waals surface area contributed by atoms with Gasteiger partial charge in [0, 0.05) is 5.02 Å². The maximum atomic E-state index is 12.7. The number of aromatic nitrogens is 2. The van der Waals surface area contributed by atoms with Crippen molar-refractivity contribution in [2.75, 3.05) is 0 Å². The van der Waals surface area contributed by atoms with E-state index < -0.39 is 20.6 Å². The summed E-state index contributed by atoms with van der Waals surface area (Å²) in [5.41, 5.74) is 1.91. The fraction of sp³-hybridized carbons (Fsp3) is 0.167. The molecule has 1 heterocycles. The number of aryl methyl sites for hydroxylation is 3. The van der Waals surface area contributed by atoms with Gasteiger partial charge in [-0.2, -0.15) is 8.42 Å². The molecule has 0 unspecified atom stereocenters. The first-order chi connectivity index (χ1) is 13.1. The van der Waals surface area contributed by atoms with Crippen LogP contribution < -0.4 is 5.56 Å². The number of nitrogens with zero attached hydrogens (tertiary/aromatic N) is 3. The molecule has 1 aromatic heterocycles. The summed E-state index contributed by atoms with van der Waals surface area (Å²) in [6, 6.07) is 9.78. The highest BCUT2D eigenvalue weighted by atomic mass is 35.5. The zero-order valence-electron chi connectivity index (χ0n) is 15.3. The summed E-state index contributed by atoms with van der Waals surface area (Å²) in [5, 5.41) is 10.9. The molecule has 0 aliphatic rings. The molecule has 2 aromatic carbocycles. The first kappa shape index (κ1) is 20.0. The molecule has 3 rings (SSSR count). The average molecular weight is 421 g/mol. The molecule has 3 aromatic rings. The second-order valence-corrected chi connectivity index (χ2v) is 8.11. The third kappa shape index (κ3) is 3.91. The zero-order valence-corrected chi connectivity index (χ0v) is 16.8. The van der Waals surface area contributed by atoms with Gasteiger partial charge in [0.25, 0.3) is 15.7 Å². The van der Waals surface area contributed by atoms with Crippen LogP contribution in [0.25, 0.3) is 5.69 Å². The van der Waals surface area contributed by atoms with Gasteiger partial charge in [-0.1, -0.05) is 23.7 Å². The molecule has 0 aliphatic heterocycles. The van der Waals surface area contributed by atoms with Crippen LogP contribution in [-0.4, -0.2) is 22.8 Å². The number of rotatable bonds is 4. The Hall–Kier alpha value is -2.75. The summed E-state index contributed by atoms with van der Waals surface area (Å²) >= 11 is 6.03. The average Bonchev–Trinajstić information content (AvgIpc) is 2.89. The van der Waals surface area contributed by atoms with Gasteiger partial charge in [0.15, 0.2) is 5.69 Å². The molecule has 0 radical (unpaired) electrons. The van der Waals surface area contributed by atoms with E-state index in [0.717, 1.165) is 5.56 Å². The van der Waals surface area contributed by atoms with Gasteiger partial charge in [0.1, 0.15) is 10.6 Å². The lowest BCUT2D eigenvalue weighted by Crippen LogP contribution is -2.14. The third-order valence-corrected chi connectivity index (χ3v) is 5.37. The molecule has 0 aliphatic carbocycles. The van der Waals surface area contributed by atoms with Crippen molar-refractivity contribution in [2.45, 2.75) is 25.7 Å². The lowest BCUT2D eigenvalue weighted by Gasteiger charge is -2.05.